The summed E-state index contributed by atoms with van der Waals surface area (Å²) < 4.78 is 0. The van der Waals surface area contributed by atoms with Crippen molar-refractivity contribution in [1.82, 2.24) is 10.2 Å². The normalized spacial score (nSPS) is 17.6. The van der Waals surface area contributed by atoms with Crippen molar-refractivity contribution in [3.63, 3.8) is 0 Å². The smallest absolute Gasteiger partial charge is 0.309 e. The van der Waals surface area contributed by atoms with Gasteiger partial charge in [-0.25, -0.2) is 0 Å². The number of amides is 1. The Morgan fingerprint density at radius 1 is 1.33 bits per heavy atom. The van der Waals surface area contributed by atoms with Crippen molar-refractivity contribution in [2.24, 2.45) is 5.41 Å². The summed E-state index contributed by atoms with van der Waals surface area (Å²) in [6.07, 6.45) is 0.0718. The number of piperazine rings is 1. The molecule has 0 unspecified atom stereocenters. The molecule has 0 radical (unpaired) electrons. The summed E-state index contributed by atoms with van der Waals surface area (Å²) in [7, 11) is 0. The molecule has 0 aromatic carbocycles. The van der Waals surface area contributed by atoms with Gasteiger partial charge < -0.3 is 15.3 Å². The standard InChI is InChI=1S/C10H18N2O3/c1-10(2,9(14)15)7-8(13)12-5-3-11-4-6-12/h11H,3-7H2,1-2H3,(H,14,15). The lowest BCUT2D eigenvalue weighted by Crippen LogP contribution is -2.47. The Balaban J connectivity index is 2.50. The highest BCUT2D eigenvalue weighted by Crippen LogP contribution is 2.21. The molecule has 0 saturated carbocycles. The summed E-state index contributed by atoms with van der Waals surface area (Å²) in [5, 5.41) is 12.1. The SMILES string of the molecule is CC(C)(CC(=O)N1CCNCC1)C(=O)O. The van der Waals surface area contributed by atoms with Gasteiger partial charge in [0.25, 0.3) is 0 Å². The van der Waals surface area contributed by atoms with E-state index in [1.54, 1.807) is 18.7 Å². The van der Waals surface area contributed by atoms with Gasteiger partial charge >= 0.3 is 5.97 Å². The number of carboxylic acids is 1. The fourth-order valence-corrected chi connectivity index (χ4v) is 1.48. The molecule has 86 valence electrons. The molecule has 0 aromatic rings. The van der Waals surface area contributed by atoms with Crippen LogP contribution in [-0.2, 0) is 9.59 Å². The van der Waals surface area contributed by atoms with Crippen LogP contribution >= 0.6 is 0 Å². The third kappa shape index (κ3) is 3.20. The van der Waals surface area contributed by atoms with Crippen LogP contribution in [0, 0.1) is 5.41 Å². The van der Waals surface area contributed by atoms with E-state index in [0.29, 0.717) is 13.1 Å². The highest BCUT2D eigenvalue weighted by Gasteiger charge is 2.32. The van der Waals surface area contributed by atoms with Gasteiger partial charge in [-0.05, 0) is 13.8 Å². The molecule has 1 fully saturated rings. The number of aliphatic carboxylic acids is 1. The minimum Gasteiger partial charge on any atom is -0.481 e. The van der Waals surface area contributed by atoms with Gasteiger partial charge in [-0.1, -0.05) is 0 Å². The predicted molar refractivity (Wildman–Crippen MR) is 55.5 cm³/mol. The molecule has 0 atom stereocenters. The Morgan fingerprint density at radius 2 is 1.87 bits per heavy atom. The van der Waals surface area contributed by atoms with Crippen LogP contribution in [0.1, 0.15) is 20.3 Å². The number of hydrogen-bond donors (Lipinski definition) is 2. The van der Waals surface area contributed by atoms with E-state index in [4.69, 9.17) is 5.11 Å². The summed E-state index contributed by atoms with van der Waals surface area (Å²) in [5.41, 5.74) is -0.970. The van der Waals surface area contributed by atoms with Gasteiger partial charge in [-0.2, -0.15) is 0 Å². The molecule has 5 nitrogen and oxygen atoms in total. The van der Waals surface area contributed by atoms with Crippen LogP contribution in [0.3, 0.4) is 0 Å². The van der Waals surface area contributed by atoms with Crippen molar-refractivity contribution in [3.05, 3.63) is 0 Å². The summed E-state index contributed by atoms with van der Waals surface area (Å²) in [5.74, 6) is -0.991. The van der Waals surface area contributed by atoms with Crippen LogP contribution in [-0.4, -0.2) is 48.1 Å². The van der Waals surface area contributed by atoms with E-state index in [2.05, 4.69) is 5.32 Å². The molecule has 1 amide bonds. The molecule has 0 aliphatic carbocycles. The molecule has 1 aliphatic rings. The van der Waals surface area contributed by atoms with E-state index in [-0.39, 0.29) is 12.3 Å². The van der Waals surface area contributed by atoms with Crippen molar-refractivity contribution < 1.29 is 14.7 Å². The average molecular weight is 214 g/mol. The van der Waals surface area contributed by atoms with Crippen molar-refractivity contribution in [1.29, 1.82) is 0 Å². The van der Waals surface area contributed by atoms with E-state index in [9.17, 15) is 9.59 Å². The minimum atomic E-state index is -0.970. The van der Waals surface area contributed by atoms with E-state index >= 15 is 0 Å². The van der Waals surface area contributed by atoms with E-state index < -0.39 is 11.4 Å². The minimum absolute atomic E-state index is 0.0658. The molecule has 15 heavy (non-hydrogen) atoms. The third-order valence-electron chi connectivity index (χ3n) is 2.64. The fourth-order valence-electron chi connectivity index (χ4n) is 1.48. The summed E-state index contributed by atoms with van der Waals surface area (Å²) in [4.78, 5) is 24.3. The van der Waals surface area contributed by atoms with Crippen molar-refractivity contribution in [2.45, 2.75) is 20.3 Å². The largest absolute Gasteiger partial charge is 0.481 e. The van der Waals surface area contributed by atoms with Crippen LogP contribution in [0.2, 0.25) is 0 Å². The number of nitrogens with one attached hydrogen (secondary N) is 1. The van der Waals surface area contributed by atoms with Crippen LogP contribution in [0.25, 0.3) is 0 Å². The van der Waals surface area contributed by atoms with Crippen molar-refractivity contribution >= 4 is 11.9 Å². The first-order valence-corrected chi connectivity index (χ1v) is 5.15. The molecular weight excluding hydrogens is 196 g/mol. The van der Waals surface area contributed by atoms with E-state index in [0.717, 1.165) is 13.1 Å². The van der Waals surface area contributed by atoms with Crippen LogP contribution in [0.15, 0.2) is 0 Å². The lowest BCUT2D eigenvalue weighted by atomic mass is 9.89. The van der Waals surface area contributed by atoms with Gasteiger partial charge in [-0.15, -0.1) is 0 Å². The van der Waals surface area contributed by atoms with E-state index in [1.165, 1.54) is 0 Å². The van der Waals surface area contributed by atoms with E-state index in [1.807, 2.05) is 0 Å². The van der Waals surface area contributed by atoms with Crippen molar-refractivity contribution in [2.75, 3.05) is 26.2 Å². The maximum absolute atomic E-state index is 11.8. The van der Waals surface area contributed by atoms with Crippen LogP contribution < -0.4 is 5.32 Å². The zero-order valence-corrected chi connectivity index (χ0v) is 9.25. The number of nitrogens with zero attached hydrogens (tertiary/aromatic N) is 1. The van der Waals surface area contributed by atoms with Crippen LogP contribution in [0.4, 0.5) is 0 Å². The first kappa shape index (κ1) is 12.0. The molecule has 0 bridgehead atoms. The number of carboxylic acid groups (broad SMARTS) is 1. The lowest BCUT2D eigenvalue weighted by molar-refractivity contribution is -0.151. The topological polar surface area (TPSA) is 69.6 Å². The Labute approximate surface area is 89.4 Å². The molecule has 1 heterocycles. The molecule has 1 aliphatic heterocycles. The van der Waals surface area contributed by atoms with Gasteiger partial charge in [0, 0.05) is 32.6 Å². The molecule has 1 saturated heterocycles. The van der Waals surface area contributed by atoms with Gasteiger partial charge in [0.2, 0.25) is 5.91 Å². The molecule has 0 spiro atoms. The predicted octanol–water partition coefficient (Wildman–Crippen LogP) is -0.0809. The van der Waals surface area contributed by atoms with Gasteiger partial charge in [0.05, 0.1) is 5.41 Å². The van der Waals surface area contributed by atoms with Crippen LogP contribution in [0.5, 0.6) is 0 Å². The first-order valence-electron chi connectivity index (χ1n) is 5.15. The molecular formula is C10H18N2O3. The van der Waals surface area contributed by atoms with Gasteiger partial charge in [0.1, 0.15) is 0 Å². The third-order valence-corrected chi connectivity index (χ3v) is 2.64. The first-order chi connectivity index (χ1) is 6.93. The zero-order chi connectivity index (χ0) is 11.5. The average Bonchev–Trinajstić information content (AvgIpc) is 2.18. The van der Waals surface area contributed by atoms with Crippen molar-refractivity contribution in [3.8, 4) is 0 Å². The summed E-state index contributed by atoms with van der Waals surface area (Å²) in [6, 6.07) is 0. The lowest BCUT2D eigenvalue weighted by Gasteiger charge is -2.30. The molecule has 2 N–H and O–H groups in total. The zero-order valence-electron chi connectivity index (χ0n) is 9.25. The number of hydrogen-bond acceptors (Lipinski definition) is 3. The number of carbonyl (C=O) groups is 2. The molecule has 5 heteroatoms. The Hall–Kier alpha value is -1.10. The monoisotopic (exact) mass is 214 g/mol. The maximum Gasteiger partial charge on any atom is 0.309 e. The number of rotatable bonds is 3. The Kier molecular flexibility index (Phi) is 3.68. The number of carbonyl (C=O) groups excluding carboxylic acids is 1. The summed E-state index contributed by atoms with van der Waals surface area (Å²) >= 11 is 0. The molecule has 1 rings (SSSR count). The second kappa shape index (κ2) is 4.61. The van der Waals surface area contributed by atoms with Gasteiger partial charge in [-0.3, -0.25) is 9.59 Å². The maximum atomic E-state index is 11.8. The second-order valence-corrected chi connectivity index (χ2v) is 4.50. The van der Waals surface area contributed by atoms with Gasteiger partial charge in [0.15, 0.2) is 0 Å². The Bertz CT molecular complexity index is 257. The fraction of sp³-hybridized carbons (Fsp3) is 0.800. The summed E-state index contributed by atoms with van der Waals surface area (Å²) in [6.45, 7) is 6.09. The quantitative estimate of drug-likeness (QED) is 0.689. The molecule has 0 aromatic heterocycles. The highest BCUT2D eigenvalue weighted by atomic mass is 16.4. The second-order valence-electron chi connectivity index (χ2n) is 4.50. The highest BCUT2D eigenvalue weighted by molar-refractivity contribution is 5.84. The Morgan fingerprint density at radius 3 is 2.33 bits per heavy atom.